The van der Waals surface area contributed by atoms with Gasteiger partial charge in [0.15, 0.2) is 5.69 Å². The number of fused-ring (bicyclic) bond motifs is 1. The number of hydrogen-bond acceptors (Lipinski definition) is 10. The molecule has 1 saturated heterocycles. The Balaban J connectivity index is 1.44. The SMILES string of the molecule is COc1ccc2ccccc2c1/C=N/NC(=O)c1nnn(-c2nonc2N)c1CN1CCCC[C@H]1C. The summed E-state index contributed by atoms with van der Waals surface area (Å²) >= 11 is 0. The van der Waals surface area contributed by atoms with Gasteiger partial charge in [0.2, 0.25) is 11.6 Å². The van der Waals surface area contributed by atoms with Gasteiger partial charge in [-0.05, 0) is 53.5 Å². The van der Waals surface area contributed by atoms with E-state index in [2.05, 4.69) is 43.0 Å². The molecule has 3 heterocycles. The number of rotatable bonds is 7. The highest BCUT2D eigenvalue weighted by molar-refractivity contribution is 6.03. The van der Waals surface area contributed by atoms with Crippen molar-refractivity contribution in [3.8, 4) is 11.6 Å². The van der Waals surface area contributed by atoms with Crippen LogP contribution >= 0.6 is 0 Å². The van der Waals surface area contributed by atoms with Gasteiger partial charge >= 0.3 is 0 Å². The second kappa shape index (κ2) is 10.1. The quantitative estimate of drug-likeness (QED) is 0.295. The molecule has 12 heteroatoms. The van der Waals surface area contributed by atoms with Crippen molar-refractivity contribution in [2.45, 2.75) is 38.8 Å². The first-order chi connectivity index (χ1) is 17.6. The first-order valence-electron chi connectivity index (χ1n) is 11.7. The van der Waals surface area contributed by atoms with Gasteiger partial charge in [-0.25, -0.2) is 10.1 Å². The zero-order valence-corrected chi connectivity index (χ0v) is 20.1. The summed E-state index contributed by atoms with van der Waals surface area (Å²) in [7, 11) is 1.59. The highest BCUT2D eigenvalue weighted by Gasteiger charge is 2.28. The number of hydrogen-bond donors (Lipinski definition) is 2. The van der Waals surface area contributed by atoms with Crippen molar-refractivity contribution in [1.82, 2.24) is 35.6 Å². The smallest absolute Gasteiger partial charge is 0.293 e. The molecule has 4 aromatic rings. The molecule has 186 valence electrons. The minimum absolute atomic E-state index is 0.0564. The van der Waals surface area contributed by atoms with E-state index in [9.17, 15) is 4.79 Å². The van der Waals surface area contributed by atoms with E-state index in [1.54, 1.807) is 13.3 Å². The van der Waals surface area contributed by atoms with E-state index >= 15 is 0 Å². The number of hydrazone groups is 1. The number of benzene rings is 2. The number of methoxy groups -OCH3 is 1. The number of likely N-dealkylation sites (tertiary alicyclic amines) is 1. The standard InChI is InChI=1S/C24H27N9O3/c1-15-7-5-6-12-32(15)14-19-21(27-31-33(19)23-22(25)29-36-30-23)24(34)28-26-13-18-17-9-4-3-8-16(17)10-11-20(18)35-2/h3-4,8-11,13,15H,5-7,12,14H2,1-2H3,(H2,25,29)(H,28,34)/b26-13+/t15-/m1/s1. The molecule has 3 N–H and O–H groups in total. The molecule has 0 unspecified atom stereocenters. The largest absolute Gasteiger partial charge is 0.496 e. The van der Waals surface area contributed by atoms with Crippen molar-refractivity contribution in [3.05, 3.63) is 53.3 Å². The van der Waals surface area contributed by atoms with Crippen LogP contribution in [0.25, 0.3) is 16.6 Å². The highest BCUT2D eigenvalue weighted by atomic mass is 16.6. The monoisotopic (exact) mass is 489 g/mol. The van der Waals surface area contributed by atoms with E-state index in [1.165, 1.54) is 11.1 Å². The second-order valence-corrected chi connectivity index (χ2v) is 8.69. The van der Waals surface area contributed by atoms with Crippen molar-refractivity contribution in [2.75, 3.05) is 19.4 Å². The molecule has 2 aromatic carbocycles. The lowest BCUT2D eigenvalue weighted by atomic mass is 10.0. The van der Waals surface area contributed by atoms with E-state index in [-0.39, 0.29) is 17.3 Å². The molecule has 2 aromatic heterocycles. The van der Waals surface area contributed by atoms with Crippen LogP contribution in [0.15, 0.2) is 46.1 Å². The molecule has 0 saturated carbocycles. The number of piperidine rings is 1. The Morgan fingerprint density at radius 1 is 1.28 bits per heavy atom. The van der Waals surface area contributed by atoms with Crippen LogP contribution in [0.4, 0.5) is 5.82 Å². The Bertz CT molecular complexity index is 1410. The lowest BCUT2D eigenvalue weighted by molar-refractivity contribution is 0.0945. The third-order valence-corrected chi connectivity index (χ3v) is 6.48. The third kappa shape index (κ3) is 4.50. The molecule has 1 aliphatic rings. The summed E-state index contributed by atoms with van der Waals surface area (Å²) in [5.74, 6) is 0.379. The van der Waals surface area contributed by atoms with Gasteiger partial charge in [0, 0.05) is 18.2 Å². The first kappa shape index (κ1) is 23.4. The predicted octanol–water partition coefficient (Wildman–Crippen LogP) is 2.53. The predicted molar refractivity (Wildman–Crippen MR) is 133 cm³/mol. The number of aromatic nitrogens is 5. The van der Waals surface area contributed by atoms with Gasteiger partial charge in [-0.1, -0.05) is 42.0 Å². The van der Waals surface area contributed by atoms with Crippen LogP contribution in [-0.4, -0.2) is 62.0 Å². The summed E-state index contributed by atoms with van der Waals surface area (Å²) in [6, 6.07) is 12.1. The molecular formula is C24H27N9O3. The summed E-state index contributed by atoms with van der Waals surface area (Å²) in [6.07, 6.45) is 4.90. The van der Waals surface area contributed by atoms with Gasteiger partial charge in [0.25, 0.3) is 5.91 Å². The van der Waals surface area contributed by atoms with E-state index in [4.69, 9.17) is 15.1 Å². The Labute approximate surface area is 207 Å². The minimum Gasteiger partial charge on any atom is -0.496 e. The fourth-order valence-corrected chi connectivity index (χ4v) is 4.51. The van der Waals surface area contributed by atoms with Crippen LogP contribution in [-0.2, 0) is 6.54 Å². The first-order valence-corrected chi connectivity index (χ1v) is 11.7. The van der Waals surface area contributed by atoms with E-state index in [0.29, 0.717) is 24.0 Å². The summed E-state index contributed by atoms with van der Waals surface area (Å²) in [6.45, 7) is 3.50. The van der Waals surface area contributed by atoms with Crippen LogP contribution in [0.5, 0.6) is 5.75 Å². The molecule has 1 fully saturated rings. The van der Waals surface area contributed by atoms with Gasteiger partial charge in [-0.15, -0.1) is 5.10 Å². The van der Waals surface area contributed by atoms with E-state index < -0.39 is 5.91 Å². The molecule has 36 heavy (non-hydrogen) atoms. The number of anilines is 1. The van der Waals surface area contributed by atoms with Crippen LogP contribution in [0.1, 0.15) is 47.9 Å². The number of nitrogens with zero attached hydrogens (tertiary/aromatic N) is 7. The Morgan fingerprint density at radius 2 is 2.14 bits per heavy atom. The fraction of sp³-hybridized carbons (Fsp3) is 0.333. The van der Waals surface area contributed by atoms with Gasteiger partial charge in [0.1, 0.15) is 5.75 Å². The maximum Gasteiger partial charge on any atom is 0.293 e. The summed E-state index contributed by atoms with van der Waals surface area (Å²) in [4.78, 5) is 15.5. The molecule has 0 aliphatic carbocycles. The Kier molecular flexibility index (Phi) is 6.58. The Hall–Kier alpha value is -4.32. The minimum atomic E-state index is -0.508. The number of ether oxygens (including phenoxy) is 1. The number of nitrogen functional groups attached to an aromatic ring is 1. The topological polar surface area (TPSA) is 150 Å². The zero-order chi connectivity index (χ0) is 25.1. The van der Waals surface area contributed by atoms with E-state index in [0.717, 1.165) is 35.7 Å². The van der Waals surface area contributed by atoms with Crippen molar-refractivity contribution in [2.24, 2.45) is 5.10 Å². The van der Waals surface area contributed by atoms with Gasteiger partial charge < -0.3 is 10.5 Å². The average Bonchev–Trinajstić information content (AvgIpc) is 3.51. The molecule has 5 rings (SSSR count). The molecule has 0 spiro atoms. The van der Waals surface area contributed by atoms with Crippen molar-refractivity contribution in [1.29, 1.82) is 0 Å². The molecule has 0 bridgehead atoms. The van der Waals surface area contributed by atoms with Gasteiger partial charge in [-0.3, -0.25) is 9.69 Å². The lowest BCUT2D eigenvalue weighted by Gasteiger charge is -2.33. The van der Waals surface area contributed by atoms with Crippen LogP contribution in [0.3, 0.4) is 0 Å². The molecule has 1 aliphatic heterocycles. The molecule has 1 atom stereocenters. The Morgan fingerprint density at radius 3 is 2.92 bits per heavy atom. The summed E-state index contributed by atoms with van der Waals surface area (Å²) in [5, 5.41) is 21.9. The van der Waals surface area contributed by atoms with Crippen molar-refractivity contribution < 1.29 is 14.2 Å². The second-order valence-electron chi connectivity index (χ2n) is 8.69. The maximum atomic E-state index is 13.2. The molecular weight excluding hydrogens is 462 g/mol. The van der Waals surface area contributed by atoms with Gasteiger partial charge in [0.05, 0.1) is 19.0 Å². The number of carbonyl (C=O) groups is 1. The van der Waals surface area contributed by atoms with E-state index in [1.807, 2.05) is 36.4 Å². The summed E-state index contributed by atoms with van der Waals surface area (Å²) in [5.41, 5.74) is 9.88. The highest BCUT2D eigenvalue weighted by Crippen LogP contribution is 2.26. The molecule has 12 nitrogen and oxygen atoms in total. The van der Waals surface area contributed by atoms with Crippen LogP contribution in [0, 0.1) is 0 Å². The fourth-order valence-electron chi connectivity index (χ4n) is 4.51. The number of nitrogens with two attached hydrogens (primary N) is 1. The van der Waals surface area contributed by atoms with Crippen LogP contribution in [0.2, 0.25) is 0 Å². The van der Waals surface area contributed by atoms with Crippen LogP contribution < -0.4 is 15.9 Å². The maximum absolute atomic E-state index is 13.2. The number of nitrogens with one attached hydrogen (secondary N) is 1. The molecule has 1 amide bonds. The average molecular weight is 490 g/mol. The third-order valence-electron chi connectivity index (χ3n) is 6.48. The van der Waals surface area contributed by atoms with Crippen molar-refractivity contribution in [3.63, 3.8) is 0 Å². The molecule has 0 radical (unpaired) electrons. The van der Waals surface area contributed by atoms with Gasteiger partial charge in [-0.2, -0.15) is 9.78 Å². The normalized spacial score (nSPS) is 16.6. The summed E-state index contributed by atoms with van der Waals surface area (Å²) < 4.78 is 11.6. The zero-order valence-electron chi connectivity index (χ0n) is 20.1. The lowest BCUT2D eigenvalue weighted by Crippen LogP contribution is -2.38. The number of amides is 1. The number of carbonyl (C=O) groups excluding carboxylic acids is 1. The van der Waals surface area contributed by atoms with Crippen molar-refractivity contribution >= 4 is 28.7 Å².